The Morgan fingerprint density at radius 2 is 1.93 bits per heavy atom. The summed E-state index contributed by atoms with van der Waals surface area (Å²) < 4.78 is 42.6. The number of amides is 4. The third-order valence-corrected chi connectivity index (χ3v) is 3.82. The van der Waals surface area contributed by atoms with Gasteiger partial charge in [0.1, 0.15) is 5.54 Å². The summed E-state index contributed by atoms with van der Waals surface area (Å²) in [5.74, 6) is -2.17. The summed E-state index contributed by atoms with van der Waals surface area (Å²) >= 11 is 0. The van der Waals surface area contributed by atoms with E-state index in [-0.39, 0.29) is 18.7 Å². The molecular weight excluding hydrogens is 383 g/mol. The highest BCUT2D eigenvalue weighted by Crippen LogP contribution is 2.30. The minimum atomic E-state index is -4.55. The number of ether oxygens (including phenoxy) is 1. The number of hydrogen-bond donors (Lipinski definition) is 2. The van der Waals surface area contributed by atoms with E-state index in [1.54, 1.807) is 0 Å². The standard InChI is InChI=1S/C17H18F3N3O5/c1-16(2)14(26)23(15(27)22-16)7-6-13(25)28-9-12(24)21-11-5-3-4-10(8-11)17(18,19)20/h3-5,8H,6-7,9H2,1-2H3,(H,21,24)(H,22,27). The molecule has 0 bridgehead atoms. The average Bonchev–Trinajstić information content (AvgIpc) is 2.78. The number of hydrogen-bond acceptors (Lipinski definition) is 5. The van der Waals surface area contributed by atoms with Gasteiger partial charge in [-0.15, -0.1) is 0 Å². The number of anilines is 1. The Balaban J connectivity index is 1.79. The van der Waals surface area contributed by atoms with Crippen LogP contribution in [0, 0.1) is 0 Å². The highest BCUT2D eigenvalue weighted by molar-refractivity contribution is 6.06. The molecule has 0 aliphatic carbocycles. The third kappa shape index (κ3) is 5.21. The summed E-state index contributed by atoms with van der Waals surface area (Å²) in [7, 11) is 0. The molecule has 152 valence electrons. The van der Waals surface area contributed by atoms with Crippen molar-refractivity contribution in [2.45, 2.75) is 32.0 Å². The Kier molecular flexibility index (Phi) is 5.95. The molecule has 1 fully saturated rings. The molecule has 1 aromatic carbocycles. The molecule has 4 amide bonds. The second kappa shape index (κ2) is 7.87. The molecule has 0 spiro atoms. The topological polar surface area (TPSA) is 105 Å². The van der Waals surface area contributed by atoms with Crippen LogP contribution in [-0.4, -0.2) is 47.4 Å². The molecule has 11 heteroatoms. The van der Waals surface area contributed by atoms with Gasteiger partial charge in [0.25, 0.3) is 11.8 Å². The molecule has 8 nitrogen and oxygen atoms in total. The first-order valence-electron chi connectivity index (χ1n) is 8.17. The maximum absolute atomic E-state index is 12.6. The van der Waals surface area contributed by atoms with Gasteiger partial charge in [-0.05, 0) is 32.0 Å². The Morgan fingerprint density at radius 1 is 1.25 bits per heavy atom. The summed E-state index contributed by atoms with van der Waals surface area (Å²) in [5.41, 5.74) is -2.09. The average molecular weight is 401 g/mol. The van der Waals surface area contributed by atoms with Gasteiger partial charge < -0.3 is 15.4 Å². The molecular formula is C17H18F3N3O5. The van der Waals surface area contributed by atoms with Gasteiger partial charge in [-0.3, -0.25) is 19.3 Å². The number of esters is 1. The second-order valence-electron chi connectivity index (χ2n) is 6.55. The lowest BCUT2D eigenvalue weighted by Gasteiger charge is -2.15. The van der Waals surface area contributed by atoms with Crippen LogP contribution in [-0.2, 0) is 25.3 Å². The largest absolute Gasteiger partial charge is 0.456 e. The van der Waals surface area contributed by atoms with Crippen molar-refractivity contribution in [1.82, 2.24) is 10.2 Å². The molecule has 0 unspecified atom stereocenters. The smallest absolute Gasteiger partial charge is 0.416 e. The molecule has 1 heterocycles. The van der Waals surface area contributed by atoms with Crippen LogP contribution in [0.25, 0.3) is 0 Å². The fourth-order valence-electron chi connectivity index (χ4n) is 2.41. The van der Waals surface area contributed by atoms with Gasteiger partial charge in [-0.25, -0.2) is 4.79 Å². The minimum Gasteiger partial charge on any atom is -0.456 e. The zero-order valence-corrected chi connectivity index (χ0v) is 15.1. The third-order valence-electron chi connectivity index (χ3n) is 3.82. The van der Waals surface area contributed by atoms with E-state index in [4.69, 9.17) is 4.74 Å². The number of nitrogens with one attached hydrogen (secondary N) is 2. The zero-order chi connectivity index (χ0) is 21.1. The normalized spacial score (nSPS) is 16.0. The maximum atomic E-state index is 12.6. The van der Waals surface area contributed by atoms with E-state index in [1.165, 1.54) is 19.9 Å². The molecule has 0 saturated carbocycles. The van der Waals surface area contributed by atoms with E-state index in [9.17, 15) is 32.3 Å². The van der Waals surface area contributed by atoms with E-state index < -0.39 is 47.7 Å². The lowest BCUT2D eigenvalue weighted by molar-refractivity contribution is -0.147. The molecule has 1 aliphatic rings. The van der Waals surface area contributed by atoms with Crippen LogP contribution in [0.4, 0.5) is 23.7 Å². The van der Waals surface area contributed by atoms with Gasteiger partial charge in [0, 0.05) is 12.2 Å². The van der Waals surface area contributed by atoms with Gasteiger partial charge in [-0.1, -0.05) is 6.07 Å². The Hall–Kier alpha value is -3.11. The summed E-state index contributed by atoms with van der Waals surface area (Å²) in [6.45, 7) is 2.09. The van der Waals surface area contributed by atoms with Crippen LogP contribution in [0.1, 0.15) is 25.8 Å². The molecule has 2 N–H and O–H groups in total. The predicted molar refractivity (Wildman–Crippen MR) is 90.0 cm³/mol. The van der Waals surface area contributed by atoms with Crippen molar-refractivity contribution in [2.24, 2.45) is 0 Å². The molecule has 1 aliphatic heterocycles. The van der Waals surface area contributed by atoms with Crippen molar-refractivity contribution >= 4 is 29.5 Å². The van der Waals surface area contributed by atoms with Crippen LogP contribution in [0.5, 0.6) is 0 Å². The number of benzene rings is 1. The number of imide groups is 1. The number of alkyl halides is 3. The van der Waals surface area contributed by atoms with Crippen molar-refractivity contribution in [1.29, 1.82) is 0 Å². The summed E-state index contributed by atoms with van der Waals surface area (Å²) in [4.78, 5) is 47.9. The second-order valence-corrected chi connectivity index (χ2v) is 6.55. The lowest BCUT2D eigenvalue weighted by Crippen LogP contribution is -2.40. The molecule has 28 heavy (non-hydrogen) atoms. The van der Waals surface area contributed by atoms with Gasteiger partial charge in [0.05, 0.1) is 12.0 Å². The highest BCUT2D eigenvalue weighted by Gasteiger charge is 2.44. The predicted octanol–water partition coefficient (Wildman–Crippen LogP) is 1.91. The van der Waals surface area contributed by atoms with E-state index >= 15 is 0 Å². The quantitative estimate of drug-likeness (QED) is 0.560. The number of carbonyl (C=O) groups is 4. The van der Waals surface area contributed by atoms with Crippen molar-refractivity contribution in [3.05, 3.63) is 29.8 Å². The molecule has 1 aromatic rings. The van der Waals surface area contributed by atoms with Crippen LogP contribution < -0.4 is 10.6 Å². The monoisotopic (exact) mass is 401 g/mol. The van der Waals surface area contributed by atoms with Gasteiger partial charge in [0.15, 0.2) is 6.61 Å². The van der Waals surface area contributed by atoms with Gasteiger partial charge in [0.2, 0.25) is 0 Å². The van der Waals surface area contributed by atoms with Crippen molar-refractivity contribution in [3.8, 4) is 0 Å². The van der Waals surface area contributed by atoms with Gasteiger partial charge in [-0.2, -0.15) is 13.2 Å². The molecule has 0 atom stereocenters. The van der Waals surface area contributed by atoms with Crippen LogP contribution in [0.15, 0.2) is 24.3 Å². The van der Waals surface area contributed by atoms with E-state index in [0.29, 0.717) is 0 Å². The SMILES string of the molecule is CC1(C)NC(=O)N(CCC(=O)OCC(=O)Nc2cccc(C(F)(F)F)c2)C1=O. The number of halogens is 3. The van der Waals surface area contributed by atoms with Crippen molar-refractivity contribution in [3.63, 3.8) is 0 Å². The molecule has 2 rings (SSSR count). The minimum absolute atomic E-state index is 0.0996. The first-order chi connectivity index (χ1) is 12.9. The highest BCUT2D eigenvalue weighted by atomic mass is 19.4. The maximum Gasteiger partial charge on any atom is 0.416 e. The van der Waals surface area contributed by atoms with Crippen LogP contribution >= 0.6 is 0 Å². The fraction of sp³-hybridized carbons (Fsp3) is 0.412. The van der Waals surface area contributed by atoms with Crippen molar-refractivity contribution < 1.29 is 37.1 Å². The Bertz CT molecular complexity index is 807. The Labute approximate surface area is 158 Å². The summed E-state index contributed by atoms with van der Waals surface area (Å²) in [5, 5.41) is 4.64. The van der Waals surface area contributed by atoms with E-state index in [1.807, 2.05) is 0 Å². The van der Waals surface area contributed by atoms with Crippen LogP contribution in [0.3, 0.4) is 0 Å². The first-order valence-corrected chi connectivity index (χ1v) is 8.17. The number of rotatable bonds is 6. The zero-order valence-electron chi connectivity index (χ0n) is 15.1. The number of carbonyl (C=O) groups excluding carboxylic acids is 4. The molecule has 0 aromatic heterocycles. The molecule has 1 saturated heterocycles. The number of nitrogens with zero attached hydrogens (tertiary/aromatic N) is 1. The van der Waals surface area contributed by atoms with Gasteiger partial charge >= 0.3 is 18.2 Å². The first kappa shape index (κ1) is 21.2. The summed E-state index contributed by atoms with van der Waals surface area (Å²) in [6, 6.07) is 3.36. The lowest BCUT2D eigenvalue weighted by atomic mass is 10.1. The number of urea groups is 1. The van der Waals surface area contributed by atoms with Crippen molar-refractivity contribution in [2.75, 3.05) is 18.5 Å². The Morgan fingerprint density at radius 3 is 2.50 bits per heavy atom. The fourth-order valence-corrected chi connectivity index (χ4v) is 2.41. The molecule has 0 radical (unpaired) electrons. The van der Waals surface area contributed by atoms with E-state index in [0.717, 1.165) is 23.1 Å². The summed E-state index contributed by atoms with van der Waals surface area (Å²) in [6.07, 6.45) is -4.88. The van der Waals surface area contributed by atoms with Crippen LogP contribution in [0.2, 0.25) is 0 Å². The van der Waals surface area contributed by atoms with E-state index in [2.05, 4.69) is 10.6 Å².